The number of halogens is 1. The zero-order valence-electron chi connectivity index (χ0n) is 8.80. The highest BCUT2D eigenvalue weighted by atomic mass is 79.9. The Kier molecular flexibility index (Phi) is 3.96. The Morgan fingerprint density at radius 1 is 1.50 bits per heavy atom. The molecule has 0 aliphatic carbocycles. The monoisotopic (exact) mass is 257 g/mol. The van der Waals surface area contributed by atoms with Gasteiger partial charge < -0.3 is 10.5 Å². The Morgan fingerprint density at radius 3 is 2.57 bits per heavy atom. The summed E-state index contributed by atoms with van der Waals surface area (Å²) < 4.78 is 6.29. The van der Waals surface area contributed by atoms with E-state index in [1.54, 1.807) is 7.11 Å². The largest absolute Gasteiger partial charge is 0.495 e. The van der Waals surface area contributed by atoms with Crippen molar-refractivity contribution in [1.29, 1.82) is 0 Å². The third kappa shape index (κ3) is 2.28. The van der Waals surface area contributed by atoms with Crippen LogP contribution in [0, 0.1) is 0 Å². The predicted octanol–water partition coefficient (Wildman–Crippen LogP) is 3.04. The normalized spacial score (nSPS) is 12.6. The second-order valence-corrected chi connectivity index (χ2v) is 4.20. The SMILES string of the molecule is CCc1cc(Br)c(OC)c(C(C)N)c1. The third-order valence-electron chi connectivity index (χ3n) is 2.24. The van der Waals surface area contributed by atoms with Gasteiger partial charge in [0.15, 0.2) is 0 Å². The van der Waals surface area contributed by atoms with Crippen LogP contribution in [-0.4, -0.2) is 7.11 Å². The molecule has 1 atom stereocenters. The van der Waals surface area contributed by atoms with Crippen molar-refractivity contribution >= 4 is 15.9 Å². The molecule has 3 heteroatoms. The van der Waals surface area contributed by atoms with Gasteiger partial charge in [-0.05, 0) is 40.9 Å². The summed E-state index contributed by atoms with van der Waals surface area (Å²) in [5, 5.41) is 0. The van der Waals surface area contributed by atoms with Crippen LogP contribution < -0.4 is 10.5 Å². The van der Waals surface area contributed by atoms with Gasteiger partial charge in [-0.15, -0.1) is 0 Å². The summed E-state index contributed by atoms with van der Waals surface area (Å²) in [5.74, 6) is 0.845. The first kappa shape index (κ1) is 11.5. The van der Waals surface area contributed by atoms with Crippen LogP contribution in [-0.2, 0) is 6.42 Å². The molecule has 1 aromatic rings. The summed E-state index contributed by atoms with van der Waals surface area (Å²) in [6.07, 6.45) is 1.00. The standard InChI is InChI=1S/C11H16BrNO/c1-4-8-5-9(7(2)13)11(14-3)10(12)6-8/h5-7H,4,13H2,1-3H3. The average Bonchev–Trinajstić information content (AvgIpc) is 2.16. The number of ether oxygens (including phenoxy) is 1. The number of nitrogens with two attached hydrogens (primary N) is 1. The Labute approximate surface area is 93.6 Å². The number of rotatable bonds is 3. The van der Waals surface area contributed by atoms with Gasteiger partial charge in [0.1, 0.15) is 5.75 Å². The molecule has 78 valence electrons. The first-order chi connectivity index (χ1) is 6.60. The van der Waals surface area contributed by atoms with Crippen LogP contribution in [0.5, 0.6) is 5.75 Å². The molecule has 0 fully saturated rings. The highest BCUT2D eigenvalue weighted by Gasteiger charge is 2.12. The van der Waals surface area contributed by atoms with E-state index < -0.39 is 0 Å². The molecule has 0 spiro atoms. The van der Waals surface area contributed by atoms with Crippen molar-refractivity contribution in [2.45, 2.75) is 26.3 Å². The summed E-state index contributed by atoms with van der Waals surface area (Å²) in [4.78, 5) is 0. The molecule has 0 bridgehead atoms. The maximum absolute atomic E-state index is 5.88. The Balaban J connectivity index is 3.28. The topological polar surface area (TPSA) is 35.2 Å². The minimum absolute atomic E-state index is 0.00671. The van der Waals surface area contributed by atoms with Crippen molar-refractivity contribution in [3.05, 3.63) is 27.7 Å². The average molecular weight is 258 g/mol. The number of aryl methyl sites for hydroxylation is 1. The Morgan fingerprint density at radius 2 is 2.14 bits per heavy atom. The van der Waals surface area contributed by atoms with Crippen LogP contribution in [0.2, 0.25) is 0 Å². The van der Waals surface area contributed by atoms with E-state index in [9.17, 15) is 0 Å². The minimum atomic E-state index is -0.00671. The fraction of sp³-hybridized carbons (Fsp3) is 0.455. The van der Waals surface area contributed by atoms with Gasteiger partial charge in [-0.1, -0.05) is 13.0 Å². The van der Waals surface area contributed by atoms with Crippen LogP contribution >= 0.6 is 15.9 Å². The Bertz CT molecular complexity index is 323. The van der Waals surface area contributed by atoms with E-state index in [1.807, 2.05) is 6.92 Å². The highest BCUT2D eigenvalue weighted by Crippen LogP contribution is 2.33. The molecule has 0 heterocycles. The van der Waals surface area contributed by atoms with Crippen molar-refractivity contribution in [3.63, 3.8) is 0 Å². The van der Waals surface area contributed by atoms with E-state index in [2.05, 4.69) is 35.0 Å². The van der Waals surface area contributed by atoms with E-state index in [1.165, 1.54) is 5.56 Å². The van der Waals surface area contributed by atoms with Crippen molar-refractivity contribution in [1.82, 2.24) is 0 Å². The second kappa shape index (κ2) is 4.80. The van der Waals surface area contributed by atoms with E-state index in [-0.39, 0.29) is 6.04 Å². The lowest BCUT2D eigenvalue weighted by Gasteiger charge is -2.15. The maximum Gasteiger partial charge on any atom is 0.137 e. The number of methoxy groups -OCH3 is 1. The molecule has 2 nitrogen and oxygen atoms in total. The lowest BCUT2D eigenvalue weighted by Crippen LogP contribution is -2.08. The van der Waals surface area contributed by atoms with Crippen molar-refractivity contribution < 1.29 is 4.74 Å². The van der Waals surface area contributed by atoms with Gasteiger partial charge in [0.05, 0.1) is 11.6 Å². The lowest BCUT2D eigenvalue weighted by molar-refractivity contribution is 0.404. The van der Waals surface area contributed by atoms with Crippen molar-refractivity contribution in [3.8, 4) is 5.75 Å². The molecule has 0 radical (unpaired) electrons. The number of hydrogen-bond acceptors (Lipinski definition) is 2. The summed E-state index contributed by atoms with van der Waals surface area (Å²) >= 11 is 3.49. The molecule has 0 saturated carbocycles. The van der Waals surface area contributed by atoms with Crippen LogP contribution in [0.15, 0.2) is 16.6 Å². The quantitative estimate of drug-likeness (QED) is 0.904. The summed E-state index contributed by atoms with van der Waals surface area (Å²) in [7, 11) is 1.66. The third-order valence-corrected chi connectivity index (χ3v) is 2.82. The van der Waals surface area contributed by atoms with Gasteiger partial charge in [-0.2, -0.15) is 0 Å². The molecule has 1 rings (SSSR count). The van der Waals surface area contributed by atoms with Crippen LogP contribution in [0.25, 0.3) is 0 Å². The van der Waals surface area contributed by atoms with Gasteiger partial charge in [0, 0.05) is 11.6 Å². The lowest BCUT2D eigenvalue weighted by atomic mass is 10.0. The smallest absolute Gasteiger partial charge is 0.137 e. The van der Waals surface area contributed by atoms with Gasteiger partial charge in [0.25, 0.3) is 0 Å². The molecule has 0 saturated heterocycles. The van der Waals surface area contributed by atoms with Crippen LogP contribution in [0.3, 0.4) is 0 Å². The van der Waals surface area contributed by atoms with Gasteiger partial charge in [0.2, 0.25) is 0 Å². The van der Waals surface area contributed by atoms with E-state index in [4.69, 9.17) is 10.5 Å². The minimum Gasteiger partial charge on any atom is -0.495 e. The highest BCUT2D eigenvalue weighted by molar-refractivity contribution is 9.10. The molecule has 14 heavy (non-hydrogen) atoms. The molecule has 0 aliphatic heterocycles. The molecule has 1 unspecified atom stereocenters. The number of benzene rings is 1. The molecular weight excluding hydrogens is 242 g/mol. The predicted molar refractivity (Wildman–Crippen MR) is 62.7 cm³/mol. The van der Waals surface area contributed by atoms with E-state index >= 15 is 0 Å². The fourth-order valence-corrected chi connectivity index (χ4v) is 2.12. The summed E-state index contributed by atoms with van der Waals surface area (Å²) in [5.41, 5.74) is 8.20. The first-order valence-corrected chi connectivity index (χ1v) is 5.51. The van der Waals surface area contributed by atoms with Crippen LogP contribution in [0.1, 0.15) is 31.0 Å². The van der Waals surface area contributed by atoms with Crippen molar-refractivity contribution in [2.75, 3.05) is 7.11 Å². The second-order valence-electron chi connectivity index (χ2n) is 3.34. The fourth-order valence-electron chi connectivity index (χ4n) is 1.43. The zero-order valence-corrected chi connectivity index (χ0v) is 10.4. The van der Waals surface area contributed by atoms with Gasteiger partial charge >= 0.3 is 0 Å². The summed E-state index contributed by atoms with van der Waals surface area (Å²) in [6.45, 7) is 4.09. The molecule has 0 aromatic heterocycles. The molecule has 1 aromatic carbocycles. The van der Waals surface area contributed by atoms with Gasteiger partial charge in [-0.3, -0.25) is 0 Å². The van der Waals surface area contributed by atoms with E-state index in [0.717, 1.165) is 22.2 Å². The number of hydrogen-bond donors (Lipinski definition) is 1. The van der Waals surface area contributed by atoms with Gasteiger partial charge in [-0.25, -0.2) is 0 Å². The molecule has 0 aliphatic rings. The summed E-state index contributed by atoms with van der Waals surface area (Å²) in [6, 6.07) is 4.17. The molecule has 2 N–H and O–H groups in total. The van der Waals surface area contributed by atoms with E-state index in [0.29, 0.717) is 0 Å². The zero-order chi connectivity index (χ0) is 10.7. The Hall–Kier alpha value is -0.540. The maximum atomic E-state index is 5.88. The van der Waals surface area contributed by atoms with Crippen LogP contribution in [0.4, 0.5) is 0 Å². The molecule has 0 amide bonds. The van der Waals surface area contributed by atoms with Crippen molar-refractivity contribution in [2.24, 2.45) is 5.73 Å². The molecular formula is C11H16BrNO. The first-order valence-electron chi connectivity index (χ1n) is 4.72.